The number of methoxy groups -OCH3 is 1. The molecule has 1 aromatic carbocycles. The summed E-state index contributed by atoms with van der Waals surface area (Å²) in [6.45, 7) is 0.868. The number of aliphatic hydroxyl groups excluding tert-OH is 1. The summed E-state index contributed by atoms with van der Waals surface area (Å²) in [7, 11) is 1.47. The Morgan fingerprint density at radius 1 is 1.33 bits per heavy atom. The number of benzene rings is 1. The molecule has 33 heavy (non-hydrogen) atoms. The maximum absolute atomic E-state index is 13.0. The summed E-state index contributed by atoms with van der Waals surface area (Å²) in [5.41, 5.74) is -0.00433. The number of rotatable bonds is 7. The normalized spacial score (nSPS) is 12.8. The van der Waals surface area contributed by atoms with Crippen LogP contribution in [0, 0.1) is 11.3 Å². The molecule has 0 amide bonds. The van der Waals surface area contributed by atoms with Gasteiger partial charge in [-0.1, -0.05) is 0 Å². The highest BCUT2D eigenvalue weighted by Gasteiger charge is 2.26. The predicted octanol–water partition coefficient (Wildman–Crippen LogP) is 1.44. The van der Waals surface area contributed by atoms with Crippen LogP contribution in [0.25, 0.3) is 16.9 Å². The zero-order valence-electron chi connectivity index (χ0n) is 17.8. The monoisotopic (exact) mass is 448 g/mol. The first-order valence-corrected chi connectivity index (χ1v) is 9.85. The number of ether oxygens (including phenoxy) is 2. The van der Waals surface area contributed by atoms with Crippen molar-refractivity contribution >= 4 is 11.6 Å². The zero-order chi connectivity index (χ0) is 23.6. The third kappa shape index (κ3) is 4.38. The molecule has 0 aliphatic rings. The highest BCUT2D eigenvalue weighted by molar-refractivity contribution is 5.97. The Morgan fingerprint density at radius 3 is 2.88 bits per heavy atom. The van der Waals surface area contributed by atoms with Crippen molar-refractivity contribution in [2.75, 3.05) is 13.7 Å². The molecule has 0 saturated carbocycles. The Bertz CT molecular complexity index is 1370. The first-order chi connectivity index (χ1) is 15.8. The summed E-state index contributed by atoms with van der Waals surface area (Å²) in [6.07, 6.45) is 5.96. The van der Waals surface area contributed by atoms with E-state index in [1.807, 2.05) is 0 Å². The Morgan fingerprint density at radius 2 is 2.15 bits per heavy atom. The molecule has 3 aromatic heterocycles. The van der Waals surface area contributed by atoms with Crippen molar-refractivity contribution in [2.24, 2.45) is 0 Å². The second kappa shape index (κ2) is 8.70. The fraction of sp³-hybridized carbons (Fsp3) is 0.227. The lowest BCUT2D eigenvalue weighted by Gasteiger charge is -2.19. The molecule has 1 atom stereocenters. The second-order valence-electron chi connectivity index (χ2n) is 7.56. The number of aliphatic hydroxyl groups is 2. The number of nitriles is 1. The summed E-state index contributed by atoms with van der Waals surface area (Å²) in [4.78, 5) is 17.1. The van der Waals surface area contributed by atoms with Gasteiger partial charge in [0.1, 0.15) is 22.6 Å². The molecule has 0 unspecified atom stereocenters. The van der Waals surface area contributed by atoms with Crippen molar-refractivity contribution in [3.8, 4) is 28.8 Å². The Kier molecular flexibility index (Phi) is 5.78. The lowest BCUT2D eigenvalue weighted by Crippen LogP contribution is -2.34. The maximum atomic E-state index is 13.0. The van der Waals surface area contributed by atoms with E-state index in [9.17, 15) is 20.3 Å². The molecule has 2 N–H and O–H groups in total. The van der Waals surface area contributed by atoms with Crippen LogP contribution < -0.4 is 9.47 Å². The standard InChI is InChI=1S/C22H20N6O5/c1-22(31,13-29)12-27-11-18(19(26-27)15-8-14(9-23)4-5-17(15)32-2)33-21(30)16-10-25-28-7-3-6-24-20(16)28/h3-8,10-11,29,31H,12-13H2,1-2H3/t22-/m0/s1. The quantitative estimate of drug-likeness (QED) is 0.401. The highest BCUT2D eigenvalue weighted by atomic mass is 16.5. The van der Waals surface area contributed by atoms with Gasteiger partial charge in [-0.2, -0.15) is 15.5 Å². The average molecular weight is 448 g/mol. The molecule has 0 fully saturated rings. The first-order valence-electron chi connectivity index (χ1n) is 9.85. The van der Waals surface area contributed by atoms with Gasteiger partial charge < -0.3 is 19.7 Å². The van der Waals surface area contributed by atoms with Crippen LogP contribution >= 0.6 is 0 Å². The molecule has 0 aliphatic carbocycles. The van der Waals surface area contributed by atoms with E-state index in [1.165, 1.54) is 41.8 Å². The number of hydrogen-bond acceptors (Lipinski definition) is 9. The third-order valence-electron chi connectivity index (χ3n) is 4.86. The second-order valence-corrected chi connectivity index (χ2v) is 7.56. The molecular weight excluding hydrogens is 428 g/mol. The van der Waals surface area contributed by atoms with Crippen LogP contribution in [0.1, 0.15) is 22.8 Å². The molecule has 0 saturated heterocycles. The van der Waals surface area contributed by atoms with Gasteiger partial charge in [-0.25, -0.2) is 14.3 Å². The van der Waals surface area contributed by atoms with Crippen molar-refractivity contribution in [3.05, 3.63) is 60.2 Å². The number of aromatic nitrogens is 5. The van der Waals surface area contributed by atoms with Crippen LogP contribution in [0.3, 0.4) is 0 Å². The molecule has 3 heterocycles. The number of carbonyl (C=O) groups is 1. The average Bonchev–Trinajstić information content (AvgIpc) is 3.42. The largest absolute Gasteiger partial charge is 0.496 e. The van der Waals surface area contributed by atoms with Gasteiger partial charge >= 0.3 is 5.97 Å². The van der Waals surface area contributed by atoms with E-state index in [4.69, 9.17) is 9.47 Å². The van der Waals surface area contributed by atoms with Crippen molar-refractivity contribution in [3.63, 3.8) is 0 Å². The van der Waals surface area contributed by atoms with Crippen LogP contribution in [-0.2, 0) is 6.54 Å². The van der Waals surface area contributed by atoms with Gasteiger partial charge in [0.15, 0.2) is 11.4 Å². The van der Waals surface area contributed by atoms with Gasteiger partial charge in [-0.3, -0.25) is 4.68 Å². The van der Waals surface area contributed by atoms with E-state index in [-0.39, 0.29) is 23.6 Å². The van der Waals surface area contributed by atoms with E-state index < -0.39 is 18.2 Å². The van der Waals surface area contributed by atoms with E-state index in [1.54, 1.807) is 30.5 Å². The van der Waals surface area contributed by atoms with Gasteiger partial charge in [-0.15, -0.1) is 0 Å². The predicted molar refractivity (Wildman–Crippen MR) is 115 cm³/mol. The van der Waals surface area contributed by atoms with E-state index >= 15 is 0 Å². The number of esters is 1. The van der Waals surface area contributed by atoms with Crippen molar-refractivity contribution in [1.82, 2.24) is 24.4 Å². The maximum Gasteiger partial charge on any atom is 0.349 e. The van der Waals surface area contributed by atoms with Gasteiger partial charge in [0.2, 0.25) is 0 Å². The van der Waals surface area contributed by atoms with E-state index in [0.717, 1.165) is 0 Å². The number of carbonyl (C=O) groups excluding carboxylic acids is 1. The Balaban J connectivity index is 1.79. The minimum Gasteiger partial charge on any atom is -0.496 e. The van der Waals surface area contributed by atoms with Crippen LogP contribution in [-0.4, -0.2) is 59.9 Å². The summed E-state index contributed by atoms with van der Waals surface area (Å²) >= 11 is 0. The van der Waals surface area contributed by atoms with Crippen LogP contribution in [0.15, 0.2) is 49.1 Å². The summed E-state index contributed by atoms with van der Waals surface area (Å²) in [5.74, 6) is -0.241. The van der Waals surface area contributed by atoms with E-state index in [0.29, 0.717) is 22.5 Å². The lowest BCUT2D eigenvalue weighted by molar-refractivity contribution is -0.0145. The SMILES string of the molecule is COc1ccc(C#N)cc1-c1nn(C[C@](C)(O)CO)cc1OC(=O)c1cnn2cccnc12. The minimum atomic E-state index is -1.46. The van der Waals surface area contributed by atoms with Crippen LogP contribution in [0.2, 0.25) is 0 Å². The molecule has 0 radical (unpaired) electrons. The Labute approximate surface area is 188 Å². The summed E-state index contributed by atoms with van der Waals surface area (Å²) in [6, 6.07) is 8.49. The van der Waals surface area contributed by atoms with Gasteiger partial charge in [-0.05, 0) is 31.2 Å². The number of hydrogen-bond donors (Lipinski definition) is 2. The highest BCUT2D eigenvalue weighted by Crippen LogP contribution is 2.36. The van der Waals surface area contributed by atoms with Crippen molar-refractivity contribution in [2.45, 2.75) is 19.1 Å². The molecule has 11 nitrogen and oxygen atoms in total. The molecule has 0 spiro atoms. The smallest absolute Gasteiger partial charge is 0.349 e. The lowest BCUT2D eigenvalue weighted by atomic mass is 10.1. The van der Waals surface area contributed by atoms with Crippen LogP contribution in [0.4, 0.5) is 0 Å². The number of nitrogens with zero attached hydrogens (tertiary/aromatic N) is 6. The minimum absolute atomic E-state index is 0.0670. The van der Waals surface area contributed by atoms with Gasteiger partial charge in [0.25, 0.3) is 0 Å². The molecule has 4 aromatic rings. The van der Waals surface area contributed by atoms with E-state index in [2.05, 4.69) is 21.3 Å². The van der Waals surface area contributed by atoms with Gasteiger partial charge in [0.05, 0.1) is 44.3 Å². The third-order valence-corrected chi connectivity index (χ3v) is 4.86. The van der Waals surface area contributed by atoms with Crippen molar-refractivity contribution in [1.29, 1.82) is 5.26 Å². The zero-order valence-corrected chi connectivity index (χ0v) is 17.8. The molecular formula is C22H20N6O5. The molecule has 4 rings (SSSR count). The topological polar surface area (TPSA) is 148 Å². The molecule has 168 valence electrons. The van der Waals surface area contributed by atoms with Crippen LogP contribution in [0.5, 0.6) is 11.5 Å². The summed E-state index contributed by atoms with van der Waals surface area (Å²) in [5, 5.41) is 37.5. The summed E-state index contributed by atoms with van der Waals surface area (Å²) < 4.78 is 13.9. The van der Waals surface area contributed by atoms with Gasteiger partial charge in [0, 0.05) is 18.0 Å². The first kappa shape index (κ1) is 21.9. The van der Waals surface area contributed by atoms with Crippen molar-refractivity contribution < 1.29 is 24.5 Å². The Hall–Kier alpha value is -4.27. The fourth-order valence-electron chi connectivity index (χ4n) is 3.23. The molecule has 0 bridgehead atoms. The number of fused-ring (bicyclic) bond motifs is 1. The molecule has 0 aliphatic heterocycles. The molecule has 11 heteroatoms. The fourth-order valence-corrected chi connectivity index (χ4v) is 3.23.